The quantitative estimate of drug-likeness (QED) is 0.573. The van der Waals surface area contributed by atoms with Crippen LogP contribution in [0.15, 0.2) is 0 Å². The highest BCUT2D eigenvalue weighted by Gasteiger charge is 2.65. The molecule has 3 rings (SSSR count). The first-order chi connectivity index (χ1) is 5.38. The van der Waals surface area contributed by atoms with Crippen LogP contribution in [0, 0.1) is 17.3 Å². The van der Waals surface area contributed by atoms with Crippen molar-refractivity contribution in [3.05, 3.63) is 0 Å². The molecule has 0 aromatic carbocycles. The van der Waals surface area contributed by atoms with Crippen molar-refractivity contribution in [2.24, 2.45) is 17.3 Å². The molecular weight excluding hydrogens is 152 g/mol. The fourth-order valence-corrected chi connectivity index (χ4v) is 3.09. The van der Waals surface area contributed by atoms with Crippen LogP contribution < -0.4 is 0 Å². The Balaban J connectivity index is 2.26. The third kappa shape index (κ3) is 0.728. The van der Waals surface area contributed by atoms with Gasteiger partial charge in [-0.05, 0) is 23.7 Å². The van der Waals surface area contributed by atoms with E-state index in [0.717, 1.165) is 6.42 Å². The highest BCUT2D eigenvalue weighted by Crippen LogP contribution is 2.63. The second-order valence-electron chi connectivity index (χ2n) is 5.19. The molecule has 3 saturated carbocycles. The number of rotatable bonds is 0. The number of hydrogen-bond donors (Lipinski definition) is 2. The fourth-order valence-electron chi connectivity index (χ4n) is 3.09. The molecule has 0 unspecified atom stereocenters. The average Bonchev–Trinajstić information content (AvgIpc) is 1.96. The Morgan fingerprint density at radius 3 is 2.25 bits per heavy atom. The minimum Gasteiger partial charge on any atom is -0.393 e. The molecule has 2 heteroatoms. The average molecular weight is 170 g/mol. The largest absolute Gasteiger partial charge is 0.393 e. The van der Waals surface area contributed by atoms with Gasteiger partial charge in [0.15, 0.2) is 0 Å². The van der Waals surface area contributed by atoms with E-state index in [1.165, 1.54) is 0 Å². The van der Waals surface area contributed by atoms with Gasteiger partial charge in [-0.25, -0.2) is 0 Å². The molecule has 2 bridgehead atoms. The van der Waals surface area contributed by atoms with Crippen LogP contribution in [-0.4, -0.2) is 21.9 Å². The molecule has 0 aliphatic heterocycles. The number of aliphatic hydroxyl groups is 2. The van der Waals surface area contributed by atoms with E-state index in [2.05, 4.69) is 20.8 Å². The molecule has 0 aromatic heterocycles. The van der Waals surface area contributed by atoms with Crippen LogP contribution in [0.4, 0.5) is 0 Å². The lowest BCUT2D eigenvalue weighted by molar-refractivity contribution is -0.269. The molecule has 12 heavy (non-hydrogen) atoms. The molecule has 0 spiro atoms. The molecule has 0 amide bonds. The molecule has 4 atom stereocenters. The molecule has 0 radical (unpaired) electrons. The zero-order chi connectivity index (χ0) is 9.15. The van der Waals surface area contributed by atoms with E-state index in [1.54, 1.807) is 0 Å². The van der Waals surface area contributed by atoms with Crippen molar-refractivity contribution in [2.75, 3.05) is 0 Å². The summed E-state index contributed by atoms with van der Waals surface area (Å²) in [5, 5.41) is 19.7. The van der Waals surface area contributed by atoms with Crippen LogP contribution in [0.25, 0.3) is 0 Å². The van der Waals surface area contributed by atoms with E-state index in [0.29, 0.717) is 18.3 Å². The van der Waals surface area contributed by atoms with Crippen LogP contribution in [0.3, 0.4) is 0 Å². The Morgan fingerprint density at radius 2 is 1.83 bits per heavy atom. The summed E-state index contributed by atoms with van der Waals surface area (Å²) in [4.78, 5) is 0. The van der Waals surface area contributed by atoms with Gasteiger partial charge in [-0.15, -0.1) is 0 Å². The Labute approximate surface area is 73.6 Å². The predicted octanol–water partition coefficient (Wildman–Crippen LogP) is 1.16. The van der Waals surface area contributed by atoms with E-state index in [-0.39, 0.29) is 11.5 Å². The fraction of sp³-hybridized carbons (Fsp3) is 1.00. The van der Waals surface area contributed by atoms with Crippen molar-refractivity contribution in [1.29, 1.82) is 0 Å². The highest BCUT2D eigenvalue weighted by molar-refractivity contribution is 5.15. The third-order valence-corrected chi connectivity index (χ3v) is 4.47. The minimum absolute atomic E-state index is 0.0195. The molecule has 70 valence electrons. The van der Waals surface area contributed by atoms with Gasteiger partial charge >= 0.3 is 0 Å². The van der Waals surface area contributed by atoms with Gasteiger partial charge in [0.25, 0.3) is 0 Å². The summed E-state index contributed by atoms with van der Waals surface area (Å²) in [6.45, 7) is 6.32. The maximum atomic E-state index is 10.1. The SMILES string of the molecule is C[C@@H]1[C@@H](O)C[C@]2(O)C[C@@H]1C2(C)C. The van der Waals surface area contributed by atoms with Crippen molar-refractivity contribution in [2.45, 2.75) is 45.3 Å². The number of fused-ring (bicyclic) bond motifs is 2. The predicted molar refractivity (Wildman–Crippen MR) is 46.6 cm³/mol. The normalized spacial score (nSPS) is 56.2. The molecular formula is C10H18O2. The lowest BCUT2D eigenvalue weighted by Crippen LogP contribution is -2.69. The lowest BCUT2D eigenvalue weighted by atomic mass is 9.42. The summed E-state index contributed by atoms with van der Waals surface area (Å²) in [6.07, 6.45) is 1.16. The van der Waals surface area contributed by atoms with Crippen LogP contribution in [-0.2, 0) is 0 Å². The minimum atomic E-state index is -0.580. The summed E-state index contributed by atoms with van der Waals surface area (Å²) in [5.41, 5.74) is -0.560. The van der Waals surface area contributed by atoms with Gasteiger partial charge in [-0.3, -0.25) is 0 Å². The second-order valence-corrected chi connectivity index (χ2v) is 5.19. The standard InChI is InChI=1S/C10H18O2/c1-6-7-4-10(12,5-8(6)11)9(7,2)3/h6-8,11-12H,4-5H2,1-3H3/t6-,7-,8-,10+/m0/s1. The highest BCUT2D eigenvalue weighted by atomic mass is 16.3. The van der Waals surface area contributed by atoms with Gasteiger partial charge in [-0.1, -0.05) is 20.8 Å². The lowest BCUT2D eigenvalue weighted by Gasteiger charge is -2.66. The maximum absolute atomic E-state index is 10.1. The van der Waals surface area contributed by atoms with Crippen molar-refractivity contribution < 1.29 is 10.2 Å². The Bertz CT molecular complexity index is 209. The van der Waals surface area contributed by atoms with E-state index in [1.807, 2.05) is 0 Å². The topological polar surface area (TPSA) is 40.5 Å². The van der Waals surface area contributed by atoms with Crippen LogP contribution in [0.1, 0.15) is 33.6 Å². The summed E-state index contributed by atoms with van der Waals surface area (Å²) in [7, 11) is 0. The van der Waals surface area contributed by atoms with E-state index in [4.69, 9.17) is 0 Å². The van der Waals surface area contributed by atoms with Crippen molar-refractivity contribution in [3.8, 4) is 0 Å². The molecule has 0 aromatic rings. The van der Waals surface area contributed by atoms with E-state index >= 15 is 0 Å². The van der Waals surface area contributed by atoms with Crippen LogP contribution in [0.5, 0.6) is 0 Å². The first-order valence-electron chi connectivity index (χ1n) is 4.79. The molecule has 3 aliphatic carbocycles. The smallest absolute Gasteiger partial charge is 0.0728 e. The summed E-state index contributed by atoms with van der Waals surface area (Å²) in [6, 6.07) is 0. The second kappa shape index (κ2) is 2.05. The van der Waals surface area contributed by atoms with Gasteiger partial charge < -0.3 is 10.2 Å². The zero-order valence-corrected chi connectivity index (χ0v) is 8.04. The van der Waals surface area contributed by atoms with Gasteiger partial charge in [0, 0.05) is 6.42 Å². The van der Waals surface area contributed by atoms with Gasteiger partial charge in [-0.2, -0.15) is 0 Å². The van der Waals surface area contributed by atoms with Crippen LogP contribution in [0.2, 0.25) is 0 Å². The zero-order valence-electron chi connectivity index (χ0n) is 8.04. The van der Waals surface area contributed by atoms with E-state index < -0.39 is 5.60 Å². The number of aliphatic hydroxyl groups excluding tert-OH is 1. The van der Waals surface area contributed by atoms with Gasteiger partial charge in [0.2, 0.25) is 0 Å². The molecule has 2 N–H and O–H groups in total. The first kappa shape index (κ1) is 8.52. The summed E-state index contributed by atoms with van der Waals surface area (Å²) < 4.78 is 0. The monoisotopic (exact) mass is 170 g/mol. The molecule has 2 nitrogen and oxygen atoms in total. The summed E-state index contributed by atoms with van der Waals surface area (Å²) >= 11 is 0. The van der Waals surface area contributed by atoms with Gasteiger partial charge in [0.1, 0.15) is 0 Å². The van der Waals surface area contributed by atoms with Crippen molar-refractivity contribution in [1.82, 2.24) is 0 Å². The summed E-state index contributed by atoms with van der Waals surface area (Å²) in [5.74, 6) is 0.861. The number of hydrogen-bond acceptors (Lipinski definition) is 2. The van der Waals surface area contributed by atoms with E-state index in [9.17, 15) is 10.2 Å². The Hall–Kier alpha value is -0.0800. The maximum Gasteiger partial charge on any atom is 0.0728 e. The molecule has 3 aliphatic rings. The molecule has 0 saturated heterocycles. The Morgan fingerprint density at radius 1 is 1.25 bits per heavy atom. The van der Waals surface area contributed by atoms with Gasteiger partial charge in [0.05, 0.1) is 11.7 Å². The van der Waals surface area contributed by atoms with Crippen LogP contribution >= 0.6 is 0 Å². The molecule has 3 fully saturated rings. The molecule has 0 heterocycles. The first-order valence-corrected chi connectivity index (χ1v) is 4.79. The third-order valence-electron chi connectivity index (χ3n) is 4.47. The van der Waals surface area contributed by atoms with Crippen molar-refractivity contribution >= 4 is 0 Å². The Kier molecular flexibility index (Phi) is 1.45. The van der Waals surface area contributed by atoms with Crippen molar-refractivity contribution in [3.63, 3.8) is 0 Å².